The summed E-state index contributed by atoms with van der Waals surface area (Å²) < 4.78 is 5.04. The summed E-state index contributed by atoms with van der Waals surface area (Å²) in [4.78, 5) is 0. The molecule has 1 aromatic rings. The Labute approximate surface area is 94.8 Å². The Kier molecular flexibility index (Phi) is 4.24. The summed E-state index contributed by atoms with van der Waals surface area (Å²) >= 11 is 6.13. The Morgan fingerprint density at radius 3 is 2.73 bits per heavy atom. The molecule has 0 amide bonds. The predicted octanol–water partition coefficient (Wildman–Crippen LogP) is 2.25. The highest BCUT2D eigenvalue weighted by atomic mass is 35.5. The first kappa shape index (κ1) is 12.1. The summed E-state index contributed by atoms with van der Waals surface area (Å²) in [7, 11) is 1.49. The van der Waals surface area contributed by atoms with Gasteiger partial charge < -0.3 is 15.6 Å². The minimum absolute atomic E-state index is 0.0801. The second-order valence-corrected chi connectivity index (χ2v) is 3.81. The molecule has 0 bridgehead atoms. The van der Waals surface area contributed by atoms with Crippen molar-refractivity contribution in [1.82, 2.24) is 0 Å². The number of phenols is 1. The highest BCUT2D eigenvalue weighted by Crippen LogP contribution is 2.39. The van der Waals surface area contributed by atoms with Crippen molar-refractivity contribution in [3.63, 3.8) is 0 Å². The van der Waals surface area contributed by atoms with Gasteiger partial charge in [-0.1, -0.05) is 11.6 Å². The Morgan fingerprint density at radius 2 is 2.20 bits per heavy atom. The number of halogens is 1. The van der Waals surface area contributed by atoms with E-state index in [1.807, 2.05) is 6.92 Å². The topological polar surface area (TPSA) is 55.5 Å². The van der Waals surface area contributed by atoms with Gasteiger partial charge in [-0.3, -0.25) is 0 Å². The highest BCUT2D eigenvalue weighted by molar-refractivity contribution is 6.33. The molecule has 3 N–H and O–H groups in total. The zero-order chi connectivity index (χ0) is 11.4. The first-order chi connectivity index (χ1) is 7.11. The minimum atomic E-state index is 0.0801. The van der Waals surface area contributed by atoms with Crippen molar-refractivity contribution in [2.45, 2.75) is 19.8 Å². The molecule has 0 saturated carbocycles. The zero-order valence-electron chi connectivity index (χ0n) is 9.01. The van der Waals surface area contributed by atoms with E-state index in [2.05, 4.69) is 0 Å². The third-order valence-corrected chi connectivity index (χ3v) is 2.76. The maximum Gasteiger partial charge on any atom is 0.179 e. The third-order valence-electron chi connectivity index (χ3n) is 2.36. The van der Waals surface area contributed by atoms with Crippen LogP contribution in [0, 0.1) is 6.92 Å². The Morgan fingerprint density at radius 1 is 1.53 bits per heavy atom. The Hall–Kier alpha value is -0.930. The van der Waals surface area contributed by atoms with Crippen LogP contribution in [0.15, 0.2) is 6.07 Å². The molecule has 0 aliphatic heterocycles. The van der Waals surface area contributed by atoms with Crippen molar-refractivity contribution in [3.05, 3.63) is 22.2 Å². The number of rotatable bonds is 4. The predicted molar refractivity (Wildman–Crippen MR) is 61.8 cm³/mol. The van der Waals surface area contributed by atoms with Crippen molar-refractivity contribution in [1.29, 1.82) is 0 Å². The third kappa shape index (κ3) is 2.55. The normalized spacial score (nSPS) is 10.4. The lowest BCUT2D eigenvalue weighted by Gasteiger charge is -2.13. The second-order valence-electron chi connectivity index (χ2n) is 3.43. The number of nitrogens with two attached hydrogens (primary N) is 1. The maximum absolute atomic E-state index is 9.59. The Bertz CT molecular complexity index is 353. The molecule has 0 radical (unpaired) electrons. The molecule has 0 heterocycles. The number of ether oxygens (including phenoxy) is 1. The largest absolute Gasteiger partial charge is 0.504 e. The summed E-state index contributed by atoms with van der Waals surface area (Å²) in [5.41, 5.74) is 7.41. The van der Waals surface area contributed by atoms with E-state index in [4.69, 9.17) is 22.1 Å². The second kappa shape index (κ2) is 5.24. The van der Waals surface area contributed by atoms with Gasteiger partial charge in [0.25, 0.3) is 0 Å². The van der Waals surface area contributed by atoms with Crippen molar-refractivity contribution < 1.29 is 9.84 Å². The van der Waals surface area contributed by atoms with Crippen molar-refractivity contribution in [2.24, 2.45) is 5.73 Å². The molecule has 4 heteroatoms. The van der Waals surface area contributed by atoms with Crippen LogP contribution in [-0.4, -0.2) is 18.8 Å². The fourth-order valence-corrected chi connectivity index (χ4v) is 1.98. The molecule has 1 rings (SSSR count). The fourth-order valence-electron chi connectivity index (χ4n) is 1.56. The van der Waals surface area contributed by atoms with E-state index in [-0.39, 0.29) is 5.75 Å². The van der Waals surface area contributed by atoms with Gasteiger partial charge in [-0.05, 0) is 43.5 Å². The SMILES string of the molecule is COc1c(O)cc(C)c(CCCN)c1Cl. The number of hydrogen-bond acceptors (Lipinski definition) is 3. The monoisotopic (exact) mass is 229 g/mol. The molecule has 3 nitrogen and oxygen atoms in total. The molecule has 0 fully saturated rings. The zero-order valence-corrected chi connectivity index (χ0v) is 9.77. The van der Waals surface area contributed by atoms with Crippen molar-refractivity contribution in [3.8, 4) is 11.5 Å². The molecule has 0 aliphatic carbocycles. The van der Waals surface area contributed by atoms with Crippen molar-refractivity contribution >= 4 is 11.6 Å². The lowest BCUT2D eigenvalue weighted by atomic mass is 10.0. The minimum Gasteiger partial charge on any atom is -0.504 e. The number of hydrogen-bond donors (Lipinski definition) is 2. The molecule has 0 saturated heterocycles. The van der Waals surface area contributed by atoms with Crippen LogP contribution in [0.1, 0.15) is 17.5 Å². The van der Waals surface area contributed by atoms with E-state index in [1.54, 1.807) is 6.07 Å². The first-order valence-electron chi connectivity index (χ1n) is 4.86. The van der Waals surface area contributed by atoms with Gasteiger partial charge in [-0.15, -0.1) is 0 Å². The smallest absolute Gasteiger partial charge is 0.179 e. The van der Waals surface area contributed by atoms with Gasteiger partial charge in [-0.2, -0.15) is 0 Å². The van der Waals surface area contributed by atoms with E-state index in [9.17, 15) is 5.11 Å². The van der Waals surface area contributed by atoms with Gasteiger partial charge in [0.05, 0.1) is 12.1 Å². The molecule has 0 aromatic heterocycles. The molecule has 0 unspecified atom stereocenters. The van der Waals surface area contributed by atoms with Crippen LogP contribution in [0.3, 0.4) is 0 Å². The van der Waals surface area contributed by atoms with Gasteiger partial charge in [-0.25, -0.2) is 0 Å². The van der Waals surface area contributed by atoms with E-state index < -0.39 is 0 Å². The number of methoxy groups -OCH3 is 1. The number of benzene rings is 1. The molecule has 0 atom stereocenters. The molecular formula is C11H16ClNO2. The molecule has 0 spiro atoms. The van der Waals surface area contributed by atoms with E-state index in [0.29, 0.717) is 17.3 Å². The summed E-state index contributed by atoms with van der Waals surface area (Å²) in [5.74, 6) is 0.422. The Balaban J connectivity index is 3.14. The van der Waals surface area contributed by atoms with Gasteiger partial charge in [0.1, 0.15) is 0 Å². The lowest BCUT2D eigenvalue weighted by molar-refractivity contribution is 0.373. The molecule has 84 valence electrons. The van der Waals surface area contributed by atoms with Crippen LogP contribution in [0.2, 0.25) is 5.02 Å². The van der Waals surface area contributed by atoms with Gasteiger partial charge >= 0.3 is 0 Å². The fraction of sp³-hybridized carbons (Fsp3) is 0.455. The van der Waals surface area contributed by atoms with Crippen LogP contribution < -0.4 is 10.5 Å². The van der Waals surface area contributed by atoms with Crippen molar-refractivity contribution in [2.75, 3.05) is 13.7 Å². The molecular weight excluding hydrogens is 214 g/mol. The van der Waals surface area contributed by atoms with Gasteiger partial charge in [0.15, 0.2) is 11.5 Å². The molecule has 0 aliphatic rings. The standard InChI is InChI=1S/C11H16ClNO2/c1-7-6-9(14)11(15-2)10(12)8(7)4-3-5-13/h6,14H,3-5,13H2,1-2H3. The molecule has 15 heavy (non-hydrogen) atoms. The summed E-state index contributed by atoms with van der Waals surface area (Å²) in [5, 5.41) is 10.1. The van der Waals surface area contributed by atoms with Crippen LogP contribution in [-0.2, 0) is 6.42 Å². The van der Waals surface area contributed by atoms with E-state index in [1.165, 1.54) is 7.11 Å². The number of phenolic OH excluding ortho intramolecular Hbond substituents is 1. The van der Waals surface area contributed by atoms with Gasteiger partial charge in [0, 0.05) is 0 Å². The summed E-state index contributed by atoms with van der Waals surface area (Å²) in [6, 6.07) is 1.66. The van der Waals surface area contributed by atoms with E-state index >= 15 is 0 Å². The summed E-state index contributed by atoms with van der Waals surface area (Å²) in [6.45, 7) is 2.54. The average Bonchev–Trinajstić information content (AvgIpc) is 2.17. The quantitative estimate of drug-likeness (QED) is 0.833. The van der Waals surface area contributed by atoms with Gasteiger partial charge in [0.2, 0.25) is 0 Å². The van der Waals surface area contributed by atoms with E-state index in [0.717, 1.165) is 24.0 Å². The maximum atomic E-state index is 9.59. The molecule has 1 aromatic carbocycles. The highest BCUT2D eigenvalue weighted by Gasteiger charge is 2.14. The summed E-state index contributed by atoms with van der Waals surface area (Å²) in [6.07, 6.45) is 1.67. The first-order valence-corrected chi connectivity index (χ1v) is 5.24. The lowest BCUT2D eigenvalue weighted by Crippen LogP contribution is -2.02. The number of aryl methyl sites for hydroxylation is 1. The number of aromatic hydroxyl groups is 1. The van der Waals surface area contributed by atoms with Crippen LogP contribution >= 0.6 is 11.6 Å². The van der Waals surface area contributed by atoms with Crippen LogP contribution in [0.25, 0.3) is 0 Å². The van der Waals surface area contributed by atoms with Crippen LogP contribution in [0.5, 0.6) is 11.5 Å². The van der Waals surface area contributed by atoms with Crippen LogP contribution in [0.4, 0.5) is 0 Å². The average molecular weight is 230 g/mol.